The number of hydrogen-bond donors (Lipinski definition) is 0. The van der Waals surface area contributed by atoms with E-state index in [0.29, 0.717) is 11.5 Å². The molecular formula is C17H17BrO5. The highest BCUT2D eigenvalue weighted by atomic mass is 79.9. The largest absolute Gasteiger partial charge is 0.497 e. The summed E-state index contributed by atoms with van der Waals surface area (Å²) in [4.78, 5) is 11.6. The highest BCUT2D eigenvalue weighted by molar-refractivity contribution is 9.10. The van der Waals surface area contributed by atoms with Crippen LogP contribution in [0.3, 0.4) is 0 Å². The number of carbonyl (C=O) groups excluding carboxylic acids is 1. The molecule has 0 amide bonds. The Labute approximate surface area is 143 Å². The molecule has 0 N–H and O–H groups in total. The lowest BCUT2D eigenvalue weighted by Crippen LogP contribution is -2.18. The van der Waals surface area contributed by atoms with Crippen molar-refractivity contribution in [3.05, 3.63) is 53.0 Å². The first kappa shape index (κ1) is 17.1. The molecule has 2 aromatic carbocycles. The van der Waals surface area contributed by atoms with Crippen molar-refractivity contribution in [2.45, 2.75) is 0 Å². The normalized spacial score (nSPS) is 10.0. The smallest absolute Gasteiger partial charge is 0.344 e. The van der Waals surface area contributed by atoms with Crippen molar-refractivity contribution in [3.8, 4) is 17.2 Å². The second kappa shape index (κ2) is 9.05. The Hall–Kier alpha value is -2.21. The average Bonchev–Trinajstić information content (AvgIpc) is 2.57. The van der Waals surface area contributed by atoms with E-state index in [4.69, 9.17) is 18.9 Å². The third-order valence-corrected chi connectivity index (χ3v) is 3.32. The van der Waals surface area contributed by atoms with Crippen molar-refractivity contribution in [3.63, 3.8) is 0 Å². The van der Waals surface area contributed by atoms with Crippen molar-refractivity contribution in [2.75, 3.05) is 26.9 Å². The van der Waals surface area contributed by atoms with Crippen LogP contribution in [-0.4, -0.2) is 32.9 Å². The summed E-state index contributed by atoms with van der Waals surface area (Å²) in [6, 6.07) is 14.4. The van der Waals surface area contributed by atoms with Gasteiger partial charge in [0.05, 0.1) is 7.11 Å². The van der Waals surface area contributed by atoms with Crippen LogP contribution in [0.25, 0.3) is 0 Å². The molecule has 0 saturated carbocycles. The van der Waals surface area contributed by atoms with Crippen LogP contribution < -0.4 is 14.2 Å². The second-order valence-corrected chi connectivity index (χ2v) is 5.41. The van der Waals surface area contributed by atoms with Crippen LogP contribution >= 0.6 is 15.9 Å². The third kappa shape index (κ3) is 6.20. The fourth-order valence-electron chi connectivity index (χ4n) is 1.73. The van der Waals surface area contributed by atoms with Crippen molar-refractivity contribution < 1.29 is 23.7 Å². The Kier molecular flexibility index (Phi) is 6.75. The number of rotatable bonds is 8. The number of carbonyl (C=O) groups is 1. The number of hydrogen-bond acceptors (Lipinski definition) is 5. The molecule has 0 heterocycles. The first-order valence-electron chi connectivity index (χ1n) is 6.98. The minimum absolute atomic E-state index is 0.150. The van der Waals surface area contributed by atoms with Gasteiger partial charge in [0.2, 0.25) is 0 Å². The standard InChI is InChI=1S/C17H17BrO5/c1-20-14-5-7-15(8-6-14)23-12-17(19)22-10-9-21-16-4-2-3-13(18)11-16/h2-8,11H,9-10,12H2,1H3. The van der Waals surface area contributed by atoms with E-state index in [1.807, 2.05) is 24.3 Å². The van der Waals surface area contributed by atoms with E-state index >= 15 is 0 Å². The molecule has 2 rings (SSSR count). The number of halogens is 1. The molecule has 0 atom stereocenters. The SMILES string of the molecule is COc1ccc(OCC(=O)OCCOc2cccc(Br)c2)cc1. The quantitative estimate of drug-likeness (QED) is 0.518. The van der Waals surface area contributed by atoms with Gasteiger partial charge in [-0.1, -0.05) is 22.0 Å². The van der Waals surface area contributed by atoms with Gasteiger partial charge in [0.15, 0.2) is 6.61 Å². The van der Waals surface area contributed by atoms with Crippen molar-refractivity contribution in [2.24, 2.45) is 0 Å². The highest BCUT2D eigenvalue weighted by Crippen LogP contribution is 2.18. The summed E-state index contributed by atoms with van der Waals surface area (Å²) in [7, 11) is 1.59. The van der Waals surface area contributed by atoms with Crippen LogP contribution in [0.2, 0.25) is 0 Å². The van der Waals surface area contributed by atoms with Crippen LogP contribution in [0.1, 0.15) is 0 Å². The summed E-state index contributed by atoms with van der Waals surface area (Å²) in [6.07, 6.45) is 0. The molecule has 0 bridgehead atoms. The molecule has 0 spiro atoms. The van der Waals surface area contributed by atoms with Crippen LogP contribution in [0.5, 0.6) is 17.2 Å². The summed E-state index contributed by atoms with van der Waals surface area (Å²) >= 11 is 3.36. The maximum absolute atomic E-state index is 11.6. The van der Waals surface area contributed by atoms with Gasteiger partial charge in [-0.3, -0.25) is 0 Å². The molecule has 6 heteroatoms. The van der Waals surface area contributed by atoms with Gasteiger partial charge in [0.25, 0.3) is 0 Å². The first-order valence-corrected chi connectivity index (χ1v) is 7.77. The lowest BCUT2D eigenvalue weighted by molar-refractivity contribution is -0.146. The summed E-state index contributed by atoms with van der Waals surface area (Å²) < 4.78 is 21.8. The molecule has 2 aromatic rings. The van der Waals surface area contributed by atoms with E-state index in [-0.39, 0.29) is 19.8 Å². The predicted octanol–water partition coefficient (Wildman–Crippen LogP) is 3.46. The van der Waals surface area contributed by atoms with Gasteiger partial charge in [0, 0.05) is 4.47 Å². The molecule has 0 fully saturated rings. The summed E-state index contributed by atoms with van der Waals surface area (Å²) in [5.74, 6) is 1.57. The van der Waals surface area contributed by atoms with Gasteiger partial charge in [-0.15, -0.1) is 0 Å². The maximum atomic E-state index is 11.6. The van der Waals surface area contributed by atoms with Crippen LogP contribution in [-0.2, 0) is 9.53 Å². The minimum Gasteiger partial charge on any atom is -0.497 e. The lowest BCUT2D eigenvalue weighted by atomic mass is 10.3. The predicted molar refractivity (Wildman–Crippen MR) is 89.1 cm³/mol. The topological polar surface area (TPSA) is 54.0 Å². The van der Waals surface area contributed by atoms with Crippen molar-refractivity contribution >= 4 is 21.9 Å². The number of esters is 1. The van der Waals surface area contributed by atoms with Crippen molar-refractivity contribution in [1.29, 1.82) is 0 Å². The zero-order valence-corrected chi connectivity index (χ0v) is 14.2. The molecule has 0 radical (unpaired) electrons. The Balaban J connectivity index is 1.63. The monoisotopic (exact) mass is 380 g/mol. The second-order valence-electron chi connectivity index (χ2n) is 4.49. The van der Waals surface area contributed by atoms with Gasteiger partial charge in [-0.05, 0) is 42.5 Å². The van der Waals surface area contributed by atoms with Crippen LogP contribution in [0, 0.1) is 0 Å². The Morgan fingerprint density at radius 1 is 0.957 bits per heavy atom. The highest BCUT2D eigenvalue weighted by Gasteiger charge is 2.05. The minimum atomic E-state index is -0.446. The molecule has 0 saturated heterocycles. The number of methoxy groups -OCH3 is 1. The lowest BCUT2D eigenvalue weighted by Gasteiger charge is -2.09. The maximum Gasteiger partial charge on any atom is 0.344 e. The van der Waals surface area contributed by atoms with E-state index in [9.17, 15) is 4.79 Å². The van der Waals surface area contributed by atoms with E-state index in [1.54, 1.807) is 31.4 Å². The number of ether oxygens (including phenoxy) is 4. The molecule has 0 aliphatic heterocycles. The van der Waals surface area contributed by atoms with Gasteiger partial charge in [0.1, 0.15) is 30.5 Å². The third-order valence-electron chi connectivity index (χ3n) is 2.83. The fourth-order valence-corrected chi connectivity index (χ4v) is 2.11. The Morgan fingerprint density at radius 3 is 2.39 bits per heavy atom. The Morgan fingerprint density at radius 2 is 1.70 bits per heavy atom. The van der Waals surface area contributed by atoms with Crippen LogP contribution in [0.15, 0.2) is 53.0 Å². The zero-order chi connectivity index (χ0) is 16.5. The molecule has 0 aromatic heterocycles. The molecule has 0 unspecified atom stereocenters. The van der Waals surface area contributed by atoms with Crippen molar-refractivity contribution in [1.82, 2.24) is 0 Å². The molecule has 23 heavy (non-hydrogen) atoms. The molecule has 5 nitrogen and oxygen atoms in total. The van der Waals surface area contributed by atoms with Gasteiger partial charge in [-0.25, -0.2) is 4.79 Å². The first-order chi connectivity index (χ1) is 11.2. The molecular weight excluding hydrogens is 364 g/mol. The summed E-state index contributed by atoms with van der Waals surface area (Å²) in [5.41, 5.74) is 0. The van der Waals surface area contributed by atoms with E-state index in [0.717, 1.165) is 10.2 Å². The number of benzene rings is 2. The van der Waals surface area contributed by atoms with E-state index < -0.39 is 5.97 Å². The summed E-state index contributed by atoms with van der Waals surface area (Å²) in [6.45, 7) is 0.297. The Bertz CT molecular complexity index is 627. The van der Waals surface area contributed by atoms with E-state index in [2.05, 4.69) is 15.9 Å². The van der Waals surface area contributed by atoms with E-state index in [1.165, 1.54) is 0 Å². The molecule has 122 valence electrons. The fraction of sp³-hybridized carbons (Fsp3) is 0.235. The molecule has 0 aliphatic rings. The van der Waals surface area contributed by atoms with Crippen LogP contribution in [0.4, 0.5) is 0 Å². The average molecular weight is 381 g/mol. The summed E-state index contributed by atoms with van der Waals surface area (Å²) in [5, 5.41) is 0. The van der Waals surface area contributed by atoms with Gasteiger partial charge < -0.3 is 18.9 Å². The van der Waals surface area contributed by atoms with Gasteiger partial charge >= 0.3 is 5.97 Å². The zero-order valence-electron chi connectivity index (χ0n) is 12.7. The molecule has 0 aliphatic carbocycles. The van der Waals surface area contributed by atoms with Gasteiger partial charge in [-0.2, -0.15) is 0 Å².